The molecule has 1 saturated heterocycles. The largest absolute Gasteiger partial charge is 0.461 e. The maximum Gasteiger partial charge on any atom is 0.269 e. The number of epoxide rings is 1. The monoisotopic (exact) mass is 215 g/mol. The number of alkyl halides is 1. The number of nitro benzene ring substituents is 1. The van der Waals surface area contributed by atoms with Gasteiger partial charge < -0.3 is 9.47 Å². The van der Waals surface area contributed by atoms with Crippen LogP contribution in [0.3, 0.4) is 0 Å². The zero-order valence-corrected chi connectivity index (χ0v) is 7.68. The molecule has 1 aliphatic rings. The minimum absolute atomic E-state index is 0.0245. The summed E-state index contributed by atoms with van der Waals surface area (Å²) >= 11 is 5.53. The molecule has 1 heterocycles. The van der Waals surface area contributed by atoms with Gasteiger partial charge in [-0.25, -0.2) is 0 Å². The molecule has 6 heteroatoms. The smallest absolute Gasteiger partial charge is 0.269 e. The second kappa shape index (κ2) is 3.43. The van der Waals surface area contributed by atoms with Crippen LogP contribution in [0.1, 0.15) is 0 Å². The highest BCUT2D eigenvalue weighted by molar-refractivity contribution is 6.21. The average molecular weight is 216 g/mol. The van der Waals surface area contributed by atoms with Gasteiger partial charge >= 0.3 is 0 Å². The Hall–Kier alpha value is -1.33. The Kier molecular flexibility index (Phi) is 2.26. The van der Waals surface area contributed by atoms with Crippen LogP contribution in [0.2, 0.25) is 0 Å². The van der Waals surface area contributed by atoms with Crippen LogP contribution in [-0.2, 0) is 4.74 Å². The number of nitro groups is 1. The van der Waals surface area contributed by atoms with Crippen molar-refractivity contribution in [2.75, 3.05) is 0 Å². The van der Waals surface area contributed by atoms with Gasteiger partial charge in [0.05, 0.1) is 4.92 Å². The van der Waals surface area contributed by atoms with Crippen molar-refractivity contribution in [2.24, 2.45) is 0 Å². The third-order valence-corrected chi connectivity index (χ3v) is 2.01. The molecule has 2 rings (SSSR count). The number of non-ortho nitro benzene ring substituents is 1. The predicted molar refractivity (Wildman–Crippen MR) is 48.2 cm³/mol. The van der Waals surface area contributed by atoms with Crippen LogP contribution in [0, 0.1) is 10.1 Å². The Morgan fingerprint density at radius 2 is 2.00 bits per heavy atom. The summed E-state index contributed by atoms with van der Waals surface area (Å²) in [7, 11) is 0. The van der Waals surface area contributed by atoms with Gasteiger partial charge in [-0.15, -0.1) is 0 Å². The van der Waals surface area contributed by atoms with E-state index in [1.165, 1.54) is 24.3 Å². The Morgan fingerprint density at radius 3 is 2.43 bits per heavy atom. The summed E-state index contributed by atoms with van der Waals surface area (Å²) in [6, 6.07) is 5.73. The Morgan fingerprint density at radius 1 is 1.43 bits per heavy atom. The number of nitrogens with zero attached hydrogens (tertiary/aromatic N) is 1. The molecular weight excluding hydrogens is 210 g/mol. The van der Waals surface area contributed by atoms with Gasteiger partial charge in [-0.1, -0.05) is 11.6 Å². The van der Waals surface area contributed by atoms with E-state index in [2.05, 4.69) is 0 Å². The second-order valence-electron chi connectivity index (χ2n) is 2.72. The number of hydrogen-bond donors (Lipinski definition) is 0. The fourth-order valence-corrected chi connectivity index (χ4v) is 1.10. The molecule has 0 bridgehead atoms. The average Bonchev–Trinajstić information content (AvgIpc) is 2.82. The molecule has 14 heavy (non-hydrogen) atoms. The molecule has 2 unspecified atom stereocenters. The van der Waals surface area contributed by atoms with E-state index in [1.54, 1.807) is 0 Å². The molecule has 0 aromatic heterocycles. The van der Waals surface area contributed by atoms with Crippen molar-refractivity contribution >= 4 is 17.3 Å². The van der Waals surface area contributed by atoms with Gasteiger partial charge in [0, 0.05) is 12.1 Å². The van der Waals surface area contributed by atoms with E-state index in [0.717, 1.165) is 0 Å². The Bertz CT molecular complexity index is 353. The highest BCUT2D eigenvalue weighted by Gasteiger charge is 2.39. The lowest BCUT2D eigenvalue weighted by Gasteiger charge is -2.00. The molecule has 0 aliphatic carbocycles. The fraction of sp³-hybridized carbons (Fsp3) is 0.250. The molecule has 1 aliphatic heterocycles. The Labute approximate surface area is 84.3 Å². The number of halogens is 1. The fourth-order valence-electron chi connectivity index (χ4n) is 0.945. The number of rotatable bonds is 3. The minimum Gasteiger partial charge on any atom is -0.461 e. The van der Waals surface area contributed by atoms with E-state index in [4.69, 9.17) is 21.1 Å². The number of ether oxygens (including phenoxy) is 2. The van der Waals surface area contributed by atoms with Crippen molar-refractivity contribution in [1.82, 2.24) is 0 Å². The molecule has 2 atom stereocenters. The molecule has 0 spiro atoms. The number of benzene rings is 1. The van der Waals surface area contributed by atoms with Gasteiger partial charge in [0.15, 0.2) is 5.56 Å². The Balaban J connectivity index is 2.02. The molecule has 0 amide bonds. The highest BCUT2D eigenvalue weighted by Crippen LogP contribution is 2.29. The van der Waals surface area contributed by atoms with E-state index < -0.39 is 16.8 Å². The minimum atomic E-state index is -0.470. The molecule has 1 aromatic carbocycles. The third-order valence-electron chi connectivity index (χ3n) is 1.70. The molecule has 5 nitrogen and oxygen atoms in total. The van der Waals surface area contributed by atoms with E-state index >= 15 is 0 Å². The van der Waals surface area contributed by atoms with Crippen LogP contribution in [0.4, 0.5) is 5.69 Å². The summed E-state index contributed by atoms with van der Waals surface area (Å²) in [4.78, 5) is 9.85. The van der Waals surface area contributed by atoms with Crippen molar-refractivity contribution in [3.05, 3.63) is 34.4 Å². The van der Waals surface area contributed by atoms with Crippen LogP contribution in [0.15, 0.2) is 24.3 Å². The molecule has 0 N–H and O–H groups in total. The number of hydrogen-bond acceptors (Lipinski definition) is 4. The van der Waals surface area contributed by atoms with Gasteiger partial charge in [0.25, 0.3) is 5.69 Å². The zero-order valence-electron chi connectivity index (χ0n) is 6.92. The SMILES string of the molecule is O=[N+]([O-])c1ccc(OC2OC2Cl)cc1. The molecular formula is C8H6ClNO4. The molecule has 0 radical (unpaired) electrons. The lowest BCUT2D eigenvalue weighted by Crippen LogP contribution is -1.99. The summed E-state index contributed by atoms with van der Waals surface area (Å²) < 4.78 is 10.0. The molecule has 74 valence electrons. The van der Waals surface area contributed by atoms with Crippen molar-refractivity contribution in [1.29, 1.82) is 0 Å². The quantitative estimate of drug-likeness (QED) is 0.334. The van der Waals surface area contributed by atoms with Crippen molar-refractivity contribution in [3.63, 3.8) is 0 Å². The van der Waals surface area contributed by atoms with Gasteiger partial charge in [0.2, 0.25) is 6.29 Å². The van der Waals surface area contributed by atoms with Crippen molar-refractivity contribution < 1.29 is 14.4 Å². The van der Waals surface area contributed by atoms with Crippen LogP contribution in [0.5, 0.6) is 5.75 Å². The first-order valence-electron chi connectivity index (χ1n) is 3.87. The summed E-state index contributed by atoms with van der Waals surface area (Å²) in [6.07, 6.45) is -0.432. The normalized spacial score (nSPS) is 24.4. The van der Waals surface area contributed by atoms with Crippen molar-refractivity contribution in [2.45, 2.75) is 11.9 Å². The molecule has 1 aromatic rings. The first-order chi connectivity index (χ1) is 6.66. The summed E-state index contributed by atoms with van der Waals surface area (Å²) in [5.41, 5.74) is -0.387. The maximum atomic E-state index is 10.3. The summed E-state index contributed by atoms with van der Waals surface area (Å²) in [6.45, 7) is 0. The van der Waals surface area contributed by atoms with Crippen LogP contribution >= 0.6 is 11.6 Å². The van der Waals surface area contributed by atoms with Crippen LogP contribution in [-0.4, -0.2) is 16.8 Å². The third kappa shape index (κ3) is 1.94. The van der Waals surface area contributed by atoms with Gasteiger partial charge in [0.1, 0.15) is 5.75 Å². The maximum absolute atomic E-state index is 10.3. The zero-order chi connectivity index (χ0) is 10.1. The summed E-state index contributed by atoms with van der Waals surface area (Å²) in [5.74, 6) is 0.503. The second-order valence-corrected chi connectivity index (χ2v) is 3.15. The first kappa shape index (κ1) is 9.23. The topological polar surface area (TPSA) is 64.9 Å². The highest BCUT2D eigenvalue weighted by atomic mass is 35.5. The standard InChI is InChI=1S/C8H6ClNO4/c9-7-8(14-7)13-6-3-1-5(2-4-6)10(11)12/h1-4,7-8H. The van der Waals surface area contributed by atoms with E-state index in [0.29, 0.717) is 5.75 Å². The van der Waals surface area contributed by atoms with E-state index in [-0.39, 0.29) is 5.69 Å². The first-order valence-corrected chi connectivity index (χ1v) is 4.31. The van der Waals surface area contributed by atoms with Gasteiger partial charge in [-0.2, -0.15) is 0 Å². The molecule has 0 saturated carbocycles. The van der Waals surface area contributed by atoms with E-state index in [9.17, 15) is 10.1 Å². The van der Waals surface area contributed by atoms with Crippen LogP contribution in [0.25, 0.3) is 0 Å². The van der Waals surface area contributed by atoms with E-state index in [1.807, 2.05) is 0 Å². The molecule has 1 fully saturated rings. The summed E-state index contributed by atoms with van der Waals surface area (Å²) in [5, 5.41) is 10.3. The lowest BCUT2D eigenvalue weighted by molar-refractivity contribution is -0.384. The predicted octanol–water partition coefficient (Wildman–Crippen LogP) is 1.89. The van der Waals surface area contributed by atoms with Crippen molar-refractivity contribution in [3.8, 4) is 5.75 Å². The lowest BCUT2D eigenvalue weighted by atomic mass is 10.3. The van der Waals surface area contributed by atoms with Crippen LogP contribution < -0.4 is 4.74 Å². The van der Waals surface area contributed by atoms with Gasteiger partial charge in [-0.05, 0) is 12.1 Å². The van der Waals surface area contributed by atoms with Gasteiger partial charge in [-0.3, -0.25) is 10.1 Å².